The molecule has 11 heteroatoms. The van der Waals surface area contributed by atoms with Crippen LogP contribution >= 0.6 is 0 Å². The summed E-state index contributed by atoms with van der Waals surface area (Å²) in [5, 5.41) is 6.08. The van der Waals surface area contributed by atoms with Crippen LogP contribution in [0.25, 0.3) is 0 Å². The van der Waals surface area contributed by atoms with Gasteiger partial charge in [0.25, 0.3) is 10.0 Å². The third-order valence-electron chi connectivity index (χ3n) is 3.56. The molecule has 27 heavy (non-hydrogen) atoms. The largest absolute Gasteiger partial charge is 0.337 e. The fourth-order valence-electron chi connectivity index (χ4n) is 2.04. The molecule has 9 nitrogen and oxygen atoms in total. The summed E-state index contributed by atoms with van der Waals surface area (Å²) in [6, 6.07) is 5.25. The highest BCUT2D eigenvalue weighted by Gasteiger charge is 2.20. The molecule has 1 aromatic heterocycles. The summed E-state index contributed by atoms with van der Waals surface area (Å²) in [7, 11) is -7.48. The van der Waals surface area contributed by atoms with E-state index in [-0.39, 0.29) is 22.2 Å². The van der Waals surface area contributed by atoms with Crippen LogP contribution in [0, 0.1) is 13.8 Å². The summed E-state index contributed by atoms with van der Waals surface area (Å²) in [6.45, 7) is 6.68. The standard InChI is InChI=1S/C16H19N3O6S2/c1-4-9-26(21,22)10-15(20)17-13-5-7-14(8-6-13)27(23,24)19-16-11(2)12(3)18-25-16/h4-8,19H,1,9-10H2,2-3H3,(H,17,20). The van der Waals surface area contributed by atoms with Crippen LogP contribution in [0.3, 0.4) is 0 Å². The number of hydrogen-bond donors (Lipinski definition) is 2. The molecule has 2 rings (SSSR count). The van der Waals surface area contributed by atoms with Crippen LogP contribution in [0.2, 0.25) is 0 Å². The van der Waals surface area contributed by atoms with Crippen molar-refractivity contribution in [2.45, 2.75) is 18.7 Å². The van der Waals surface area contributed by atoms with Crippen LogP contribution < -0.4 is 10.0 Å². The molecule has 146 valence electrons. The van der Waals surface area contributed by atoms with E-state index in [1.807, 2.05) is 0 Å². The summed E-state index contributed by atoms with van der Waals surface area (Å²) in [5.74, 6) is -1.69. The van der Waals surface area contributed by atoms with E-state index >= 15 is 0 Å². The van der Waals surface area contributed by atoms with E-state index in [4.69, 9.17) is 4.52 Å². The zero-order valence-electron chi connectivity index (χ0n) is 14.7. The molecule has 0 bridgehead atoms. The fraction of sp³-hybridized carbons (Fsp3) is 0.250. The van der Waals surface area contributed by atoms with Crippen LogP contribution in [0.15, 0.2) is 46.3 Å². The van der Waals surface area contributed by atoms with Gasteiger partial charge in [-0.05, 0) is 38.1 Å². The zero-order chi connectivity index (χ0) is 20.2. The van der Waals surface area contributed by atoms with Gasteiger partial charge in [-0.2, -0.15) is 0 Å². The van der Waals surface area contributed by atoms with Crippen molar-refractivity contribution in [3.05, 3.63) is 48.2 Å². The number of carbonyl (C=O) groups is 1. The first-order valence-corrected chi connectivity index (χ1v) is 11.0. The number of anilines is 2. The summed E-state index contributed by atoms with van der Waals surface area (Å²) in [6.07, 6.45) is 1.20. The molecule has 0 fully saturated rings. The summed E-state index contributed by atoms with van der Waals surface area (Å²) in [4.78, 5) is 11.7. The van der Waals surface area contributed by atoms with Crippen molar-refractivity contribution < 1.29 is 26.2 Å². The van der Waals surface area contributed by atoms with Gasteiger partial charge in [0.15, 0.2) is 9.84 Å². The van der Waals surface area contributed by atoms with Crippen LogP contribution in [-0.2, 0) is 24.7 Å². The Morgan fingerprint density at radius 2 is 1.81 bits per heavy atom. The highest BCUT2D eigenvalue weighted by molar-refractivity contribution is 7.92. The molecule has 1 aromatic carbocycles. The monoisotopic (exact) mass is 413 g/mol. The van der Waals surface area contributed by atoms with Crippen LogP contribution in [-0.4, -0.2) is 39.4 Å². The molecule has 0 unspecified atom stereocenters. The Balaban J connectivity index is 2.09. The minimum Gasteiger partial charge on any atom is -0.337 e. The number of aryl methyl sites for hydroxylation is 1. The van der Waals surface area contributed by atoms with Gasteiger partial charge in [-0.25, -0.2) is 21.6 Å². The first-order chi connectivity index (χ1) is 12.5. The maximum atomic E-state index is 12.4. The Bertz CT molecular complexity index is 1050. The second kappa shape index (κ2) is 7.92. The molecule has 0 saturated carbocycles. The minimum absolute atomic E-state index is 0.0253. The van der Waals surface area contributed by atoms with Gasteiger partial charge in [0.1, 0.15) is 5.75 Å². The second-order valence-electron chi connectivity index (χ2n) is 5.74. The topological polar surface area (TPSA) is 135 Å². The molecule has 0 saturated heterocycles. The van der Waals surface area contributed by atoms with Crippen molar-refractivity contribution in [1.29, 1.82) is 0 Å². The predicted molar refractivity (Wildman–Crippen MR) is 101 cm³/mol. The molecule has 0 aliphatic carbocycles. The van der Waals surface area contributed by atoms with E-state index in [1.165, 1.54) is 30.3 Å². The lowest BCUT2D eigenvalue weighted by Gasteiger charge is -2.08. The first kappa shape index (κ1) is 20.6. The molecule has 1 heterocycles. The number of nitrogens with one attached hydrogen (secondary N) is 2. The van der Waals surface area contributed by atoms with Crippen molar-refractivity contribution in [2.24, 2.45) is 0 Å². The Morgan fingerprint density at radius 3 is 2.33 bits per heavy atom. The van der Waals surface area contributed by atoms with Gasteiger partial charge < -0.3 is 9.84 Å². The quantitative estimate of drug-likeness (QED) is 0.628. The van der Waals surface area contributed by atoms with E-state index in [9.17, 15) is 21.6 Å². The predicted octanol–water partition coefficient (Wildman–Crippen LogP) is 1.63. The lowest BCUT2D eigenvalue weighted by molar-refractivity contribution is -0.113. The average Bonchev–Trinajstić information content (AvgIpc) is 2.86. The van der Waals surface area contributed by atoms with Gasteiger partial charge in [0.05, 0.1) is 16.3 Å². The SMILES string of the molecule is C=CCS(=O)(=O)CC(=O)Nc1ccc(S(=O)(=O)Nc2onc(C)c2C)cc1. The van der Waals surface area contributed by atoms with Gasteiger partial charge in [0.2, 0.25) is 11.8 Å². The number of aromatic nitrogens is 1. The van der Waals surface area contributed by atoms with E-state index in [2.05, 4.69) is 21.8 Å². The molecule has 0 aliphatic heterocycles. The molecule has 1 amide bonds. The molecule has 2 aromatic rings. The van der Waals surface area contributed by atoms with Crippen LogP contribution in [0.4, 0.5) is 11.6 Å². The number of sulfonamides is 1. The second-order valence-corrected chi connectivity index (χ2v) is 9.53. The molecule has 0 spiro atoms. The average molecular weight is 413 g/mol. The third kappa shape index (κ3) is 5.41. The van der Waals surface area contributed by atoms with Crippen molar-refractivity contribution in [1.82, 2.24) is 5.16 Å². The number of benzene rings is 1. The van der Waals surface area contributed by atoms with Gasteiger partial charge in [-0.15, -0.1) is 6.58 Å². The third-order valence-corrected chi connectivity index (χ3v) is 6.35. The van der Waals surface area contributed by atoms with Crippen molar-refractivity contribution in [2.75, 3.05) is 21.5 Å². The number of rotatable bonds is 8. The molecular formula is C16H19N3O6S2. The molecular weight excluding hydrogens is 394 g/mol. The van der Waals surface area contributed by atoms with Gasteiger partial charge in [-0.3, -0.25) is 4.79 Å². The lowest BCUT2D eigenvalue weighted by atomic mass is 10.3. The van der Waals surface area contributed by atoms with E-state index in [0.717, 1.165) is 0 Å². The zero-order valence-corrected chi connectivity index (χ0v) is 16.4. The first-order valence-electron chi connectivity index (χ1n) is 7.71. The van der Waals surface area contributed by atoms with Crippen LogP contribution in [0.1, 0.15) is 11.3 Å². The molecule has 0 radical (unpaired) electrons. The Morgan fingerprint density at radius 1 is 1.19 bits per heavy atom. The normalized spacial score (nSPS) is 11.8. The highest BCUT2D eigenvalue weighted by Crippen LogP contribution is 2.22. The van der Waals surface area contributed by atoms with Crippen molar-refractivity contribution >= 4 is 37.3 Å². The maximum Gasteiger partial charge on any atom is 0.264 e. The Kier molecular flexibility index (Phi) is 6.06. The number of carbonyl (C=O) groups excluding carboxylic acids is 1. The molecule has 2 N–H and O–H groups in total. The van der Waals surface area contributed by atoms with Crippen LogP contribution in [0.5, 0.6) is 0 Å². The molecule has 0 atom stereocenters. The van der Waals surface area contributed by atoms with E-state index in [0.29, 0.717) is 11.3 Å². The number of hydrogen-bond acceptors (Lipinski definition) is 7. The Labute approximate surface area is 157 Å². The lowest BCUT2D eigenvalue weighted by Crippen LogP contribution is -2.24. The van der Waals surface area contributed by atoms with Crippen molar-refractivity contribution in [3.8, 4) is 0 Å². The number of sulfone groups is 1. The highest BCUT2D eigenvalue weighted by atomic mass is 32.2. The fourth-order valence-corrected chi connectivity index (χ4v) is 4.04. The van der Waals surface area contributed by atoms with E-state index in [1.54, 1.807) is 13.8 Å². The summed E-state index contributed by atoms with van der Waals surface area (Å²) < 4.78 is 55.2. The number of nitrogens with zero attached hydrogens (tertiary/aromatic N) is 1. The summed E-state index contributed by atoms with van der Waals surface area (Å²) in [5.41, 5.74) is 1.40. The minimum atomic E-state index is -3.91. The van der Waals surface area contributed by atoms with E-state index < -0.39 is 31.5 Å². The molecule has 0 aliphatic rings. The Hall–Kier alpha value is -2.66. The maximum absolute atomic E-state index is 12.4. The number of amides is 1. The summed E-state index contributed by atoms with van der Waals surface area (Å²) >= 11 is 0. The smallest absolute Gasteiger partial charge is 0.264 e. The van der Waals surface area contributed by atoms with Gasteiger partial charge >= 0.3 is 0 Å². The van der Waals surface area contributed by atoms with Gasteiger partial charge in [-0.1, -0.05) is 11.2 Å². The van der Waals surface area contributed by atoms with Crippen molar-refractivity contribution in [3.63, 3.8) is 0 Å². The van der Waals surface area contributed by atoms with Gasteiger partial charge in [0, 0.05) is 11.3 Å².